The number of aromatic amines is 1. The van der Waals surface area contributed by atoms with E-state index in [9.17, 15) is 9.59 Å². The Kier molecular flexibility index (Phi) is 4.60. The molecule has 4 N–H and O–H groups in total. The third-order valence-electron chi connectivity index (χ3n) is 2.28. The first kappa shape index (κ1) is 13.9. The van der Waals surface area contributed by atoms with Crippen LogP contribution in [0, 0.1) is 0 Å². The molecule has 0 atom stereocenters. The van der Waals surface area contributed by atoms with Crippen LogP contribution in [0.3, 0.4) is 0 Å². The smallest absolute Gasteiger partial charge is 0.355 e. The van der Waals surface area contributed by atoms with Gasteiger partial charge in [0.05, 0.1) is 11.6 Å². The van der Waals surface area contributed by atoms with Gasteiger partial charge in [-0.2, -0.15) is 5.10 Å². The van der Waals surface area contributed by atoms with Crippen LogP contribution in [-0.2, 0) is 13.0 Å². The molecule has 20 heavy (non-hydrogen) atoms. The van der Waals surface area contributed by atoms with Gasteiger partial charge in [-0.25, -0.2) is 19.6 Å². The molecule has 106 valence electrons. The summed E-state index contributed by atoms with van der Waals surface area (Å²) in [6.07, 6.45) is 1.84. The molecule has 2 amide bonds. The maximum Gasteiger partial charge on any atom is 0.355 e. The third kappa shape index (κ3) is 4.02. The minimum atomic E-state index is -1.05. The topological polar surface area (TPSA) is 133 Å². The van der Waals surface area contributed by atoms with Gasteiger partial charge in [0, 0.05) is 18.3 Å². The number of urea groups is 1. The van der Waals surface area contributed by atoms with Crippen LogP contribution in [-0.4, -0.2) is 43.8 Å². The summed E-state index contributed by atoms with van der Waals surface area (Å²) in [5.74, 6) is -0.489. The Hall–Kier alpha value is -2.49. The fraction of sp³-hybridized carbons (Fsp3) is 0.300. The summed E-state index contributed by atoms with van der Waals surface area (Å²) in [4.78, 5) is 29.9. The highest BCUT2D eigenvalue weighted by atomic mass is 32.1. The minimum absolute atomic E-state index is 0.0276. The first-order valence-corrected chi connectivity index (χ1v) is 6.57. The molecule has 0 aliphatic heterocycles. The highest BCUT2D eigenvalue weighted by molar-refractivity contribution is 7.09. The lowest BCUT2D eigenvalue weighted by molar-refractivity contribution is 0.0691. The first-order chi connectivity index (χ1) is 9.65. The number of carbonyl (C=O) groups excluding carboxylic acids is 1. The molecule has 2 aromatic heterocycles. The van der Waals surface area contributed by atoms with E-state index >= 15 is 0 Å². The number of rotatable bonds is 6. The van der Waals surface area contributed by atoms with Crippen molar-refractivity contribution >= 4 is 23.3 Å². The quantitative estimate of drug-likeness (QED) is 0.593. The third-order valence-corrected chi connectivity index (χ3v) is 3.19. The first-order valence-electron chi connectivity index (χ1n) is 5.69. The van der Waals surface area contributed by atoms with Crippen molar-refractivity contribution in [2.75, 3.05) is 6.54 Å². The van der Waals surface area contributed by atoms with Crippen molar-refractivity contribution in [2.24, 2.45) is 0 Å². The largest absolute Gasteiger partial charge is 0.476 e. The molecule has 0 radical (unpaired) electrons. The summed E-state index contributed by atoms with van der Waals surface area (Å²) >= 11 is 1.25. The van der Waals surface area contributed by atoms with Gasteiger partial charge in [0.25, 0.3) is 0 Å². The van der Waals surface area contributed by atoms with E-state index in [4.69, 9.17) is 5.11 Å². The van der Waals surface area contributed by atoms with Gasteiger partial charge in [0.2, 0.25) is 0 Å². The normalized spacial score (nSPS) is 10.2. The van der Waals surface area contributed by atoms with Gasteiger partial charge in [-0.1, -0.05) is 0 Å². The molecule has 2 aromatic rings. The second-order valence-electron chi connectivity index (χ2n) is 3.72. The van der Waals surface area contributed by atoms with Crippen molar-refractivity contribution in [3.8, 4) is 0 Å². The Morgan fingerprint density at radius 2 is 2.25 bits per heavy atom. The average Bonchev–Trinajstić information content (AvgIpc) is 3.07. The fourth-order valence-corrected chi connectivity index (χ4v) is 2.12. The minimum Gasteiger partial charge on any atom is -0.476 e. The van der Waals surface area contributed by atoms with Crippen LogP contribution in [0.15, 0.2) is 11.7 Å². The van der Waals surface area contributed by atoms with E-state index in [1.807, 2.05) is 0 Å². The molecular weight excluding hydrogens is 284 g/mol. The van der Waals surface area contributed by atoms with Crippen molar-refractivity contribution in [3.05, 3.63) is 28.2 Å². The van der Waals surface area contributed by atoms with Crippen molar-refractivity contribution in [1.29, 1.82) is 0 Å². The summed E-state index contributed by atoms with van der Waals surface area (Å²) < 4.78 is 0. The predicted molar refractivity (Wildman–Crippen MR) is 69.4 cm³/mol. The van der Waals surface area contributed by atoms with Gasteiger partial charge in [-0.3, -0.25) is 5.10 Å². The van der Waals surface area contributed by atoms with Crippen LogP contribution in [0.1, 0.15) is 21.3 Å². The number of carboxylic acid groups (broad SMARTS) is 1. The zero-order valence-corrected chi connectivity index (χ0v) is 11.1. The van der Waals surface area contributed by atoms with Crippen LogP contribution in [0.5, 0.6) is 0 Å². The lowest BCUT2D eigenvalue weighted by Gasteiger charge is -2.04. The highest BCUT2D eigenvalue weighted by Gasteiger charge is 2.08. The van der Waals surface area contributed by atoms with E-state index in [0.717, 1.165) is 0 Å². The number of aromatic carboxylic acids is 1. The molecule has 0 fully saturated rings. The molecular formula is C10H12N6O3S. The molecule has 0 saturated carbocycles. The molecule has 0 saturated heterocycles. The molecule has 0 aliphatic carbocycles. The zero-order valence-electron chi connectivity index (χ0n) is 10.3. The summed E-state index contributed by atoms with van der Waals surface area (Å²) in [5.41, 5.74) is 0.0276. The number of nitrogens with zero attached hydrogens (tertiary/aromatic N) is 3. The van der Waals surface area contributed by atoms with E-state index in [1.54, 1.807) is 0 Å². The number of hydrogen-bond acceptors (Lipinski definition) is 6. The number of nitrogens with one attached hydrogen (secondary N) is 3. The Morgan fingerprint density at radius 1 is 1.40 bits per heavy atom. The van der Waals surface area contributed by atoms with Gasteiger partial charge in [0.15, 0.2) is 5.69 Å². The molecule has 9 nitrogen and oxygen atoms in total. The molecule has 10 heteroatoms. The van der Waals surface area contributed by atoms with Crippen molar-refractivity contribution in [3.63, 3.8) is 0 Å². The summed E-state index contributed by atoms with van der Waals surface area (Å²) in [5, 5.41) is 22.4. The maximum absolute atomic E-state index is 11.4. The number of amides is 2. The molecule has 2 heterocycles. The van der Waals surface area contributed by atoms with Gasteiger partial charge < -0.3 is 15.7 Å². The molecule has 0 aliphatic rings. The van der Waals surface area contributed by atoms with Crippen LogP contribution < -0.4 is 10.6 Å². The highest BCUT2D eigenvalue weighted by Crippen LogP contribution is 2.09. The van der Waals surface area contributed by atoms with E-state index in [1.165, 1.54) is 23.0 Å². The Balaban J connectivity index is 1.67. The number of thiazole rings is 1. The van der Waals surface area contributed by atoms with Crippen LogP contribution in [0.4, 0.5) is 4.79 Å². The molecule has 0 unspecified atom stereocenters. The number of aromatic nitrogens is 4. The molecule has 2 rings (SSSR count). The zero-order chi connectivity index (χ0) is 14.4. The molecule has 0 bridgehead atoms. The Bertz CT molecular complexity index is 582. The summed E-state index contributed by atoms with van der Waals surface area (Å²) in [7, 11) is 0. The van der Waals surface area contributed by atoms with Crippen LogP contribution >= 0.6 is 11.3 Å². The van der Waals surface area contributed by atoms with E-state index < -0.39 is 5.97 Å². The van der Waals surface area contributed by atoms with E-state index in [-0.39, 0.29) is 18.3 Å². The van der Waals surface area contributed by atoms with Gasteiger partial charge in [0.1, 0.15) is 12.2 Å². The van der Waals surface area contributed by atoms with Gasteiger partial charge in [-0.05, 0) is 0 Å². The number of H-pyrrole nitrogens is 1. The monoisotopic (exact) mass is 296 g/mol. The number of carboxylic acids is 1. The Morgan fingerprint density at radius 3 is 2.90 bits per heavy atom. The van der Waals surface area contributed by atoms with Crippen molar-refractivity contribution in [2.45, 2.75) is 13.0 Å². The maximum atomic E-state index is 11.4. The number of carbonyl (C=O) groups is 2. The molecule has 0 aromatic carbocycles. The SMILES string of the molecule is O=C(NCCc1nc(C(=O)O)cs1)NCc1ncn[nH]1. The molecule has 0 spiro atoms. The fourth-order valence-electron chi connectivity index (χ4n) is 1.35. The van der Waals surface area contributed by atoms with E-state index in [2.05, 4.69) is 30.8 Å². The lowest BCUT2D eigenvalue weighted by atomic mass is 10.4. The van der Waals surface area contributed by atoms with Crippen LogP contribution in [0.25, 0.3) is 0 Å². The lowest BCUT2D eigenvalue weighted by Crippen LogP contribution is -2.36. The van der Waals surface area contributed by atoms with Crippen LogP contribution in [0.2, 0.25) is 0 Å². The van der Waals surface area contributed by atoms with E-state index in [0.29, 0.717) is 23.8 Å². The second kappa shape index (κ2) is 6.61. The Labute approximate surface area is 117 Å². The van der Waals surface area contributed by atoms with Crippen molar-refractivity contribution < 1.29 is 14.7 Å². The summed E-state index contributed by atoms with van der Waals surface area (Å²) in [6, 6.07) is -0.337. The van der Waals surface area contributed by atoms with Crippen molar-refractivity contribution in [1.82, 2.24) is 30.8 Å². The predicted octanol–water partition coefficient (Wildman–Crippen LogP) is 0.00130. The van der Waals surface area contributed by atoms with Gasteiger partial charge >= 0.3 is 12.0 Å². The number of hydrogen-bond donors (Lipinski definition) is 4. The second-order valence-corrected chi connectivity index (χ2v) is 4.67. The standard InChI is InChI=1S/C10H12N6O3S/c17-9(18)6-4-20-8(15-6)1-2-11-10(19)12-3-7-13-5-14-16-7/h4-5H,1-3H2,(H,17,18)(H2,11,12,19)(H,13,14,16). The summed E-state index contributed by atoms with van der Waals surface area (Å²) in [6.45, 7) is 0.626. The average molecular weight is 296 g/mol. The van der Waals surface area contributed by atoms with Gasteiger partial charge in [-0.15, -0.1) is 11.3 Å².